The highest BCUT2D eigenvalue weighted by molar-refractivity contribution is 5.21. The Bertz CT molecular complexity index is 361. The van der Waals surface area contributed by atoms with Gasteiger partial charge in [0.05, 0.1) is 0 Å². The molecule has 0 unspecified atom stereocenters. The molecule has 0 aliphatic carbocycles. The number of allylic oxidation sites excluding steroid dienone is 1. The van der Waals surface area contributed by atoms with E-state index in [9.17, 15) is 8.78 Å². The summed E-state index contributed by atoms with van der Waals surface area (Å²) in [5.74, 6) is -0.737. The molecule has 0 aliphatic rings. The van der Waals surface area contributed by atoms with E-state index in [0.717, 1.165) is 32.0 Å². The number of hydrogen-bond donors (Lipinski definition) is 1. The highest BCUT2D eigenvalue weighted by Gasteiger charge is 2.00. The minimum Gasteiger partial charge on any atom is -0.316 e. The van der Waals surface area contributed by atoms with Gasteiger partial charge in [0, 0.05) is 0 Å². The van der Waals surface area contributed by atoms with Crippen molar-refractivity contribution in [1.29, 1.82) is 0 Å². The van der Waals surface area contributed by atoms with Crippen molar-refractivity contribution in [3.05, 3.63) is 47.5 Å². The van der Waals surface area contributed by atoms with Gasteiger partial charge in [-0.15, -0.1) is 0 Å². The Morgan fingerprint density at radius 2 is 2.00 bits per heavy atom. The Morgan fingerprint density at radius 3 is 2.76 bits per heavy atom. The average Bonchev–Trinajstić information content (AvgIpc) is 2.32. The monoisotopic (exact) mass is 239 g/mol. The minimum atomic E-state index is -0.389. The first-order valence-electron chi connectivity index (χ1n) is 6.03. The molecule has 0 atom stereocenters. The van der Waals surface area contributed by atoms with Crippen LogP contribution in [-0.4, -0.2) is 13.1 Å². The number of hydrogen-bond acceptors (Lipinski definition) is 1. The first-order valence-corrected chi connectivity index (χ1v) is 6.03. The topological polar surface area (TPSA) is 12.0 Å². The van der Waals surface area contributed by atoms with Crippen LogP contribution in [0, 0.1) is 11.6 Å². The molecule has 0 aromatic heterocycles. The van der Waals surface area contributed by atoms with Crippen molar-refractivity contribution in [3.8, 4) is 0 Å². The smallest absolute Gasteiger partial charge is 0.126 e. The van der Waals surface area contributed by atoms with E-state index >= 15 is 0 Å². The lowest BCUT2D eigenvalue weighted by atomic mass is 10.1. The second kappa shape index (κ2) is 7.96. The molecule has 0 fully saturated rings. The molecule has 0 aliphatic heterocycles. The third kappa shape index (κ3) is 5.59. The maximum absolute atomic E-state index is 13.2. The number of nitrogens with one attached hydrogen (secondary N) is 1. The quantitative estimate of drug-likeness (QED) is 0.567. The van der Waals surface area contributed by atoms with Crippen molar-refractivity contribution in [2.75, 3.05) is 13.1 Å². The summed E-state index contributed by atoms with van der Waals surface area (Å²) in [4.78, 5) is 0. The fourth-order valence-corrected chi connectivity index (χ4v) is 1.52. The van der Waals surface area contributed by atoms with Crippen LogP contribution in [0.5, 0.6) is 0 Å². The lowest BCUT2D eigenvalue weighted by molar-refractivity contribution is 0.589. The zero-order valence-electron chi connectivity index (χ0n) is 10.2. The Hall–Kier alpha value is -1.22. The molecular formula is C14H19F2N. The summed E-state index contributed by atoms with van der Waals surface area (Å²) in [6, 6.07) is 3.55. The van der Waals surface area contributed by atoms with Crippen LogP contribution in [0.3, 0.4) is 0 Å². The van der Waals surface area contributed by atoms with Crippen molar-refractivity contribution in [3.63, 3.8) is 0 Å². The summed E-state index contributed by atoms with van der Waals surface area (Å²) in [6.07, 6.45) is 6.35. The molecule has 0 spiro atoms. The Balaban J connectivity index is 2.29. The van der Waals surface area contributed by atoms with Gasteiger partial charge in [-0.2, -0.15) is 0 Å². The van der Waals surface area contributed by atoms with Crippen molar-refractivity contribution in [2.24, 2.45) is 0 Å². The summed E-state index contributed by atoms with van der Waals surface area (Å²) in [7, 11) is 0. The van der Waals surface area contributed by atoms with E-state index in [1.54, 1.807) is 0 Å². The minimum absolute atomic E-state index is 0.347. The van der Waals surface area contributed by atoms with E-state index in [4.69, 9.17) is 0 Å². The summed E-state index contributed by atoms with van der Waals surface area (Å²) in [6.45, 7) is 4.07. The van der Waals surface area contributed by atoms with Crippen LogP contribution in [0.1, 0.15) is 25.3 Å². The normalized spacial score (nSPS) is 11.2. The summed E-state index contributed by atoms with van der Waals surface area (Å²) >= 11 is 0. The van der Waals surface area contributed by atoms with Crippen LogP contribution >= 0.6 is 0 Å². The standard InChI is InChI=1S/C14H19F2N/c1-2-9-17-10-5-3-4-6-12-11-13(15)7-8-14(12)16/h3-4,7-8,11,17H,2,5-6,9-10H2,1H3. The largest absolute Gasteiger partial charge is 0.316 e. The summed E-state index contributed by atoms with van der Waals surface area (Å²) in [5.41, 5.74) is 0.405. The Morgan fingerprint density at radius 1 is 1.18 bits per heavy atom. The fraction of sp³-hybridized carbons (Fsp3) is 0.429. The third-order valence-corrected chi connectivity index (χ3v) is 2.43. The molecule has 0 bridgehead atoms. The SMILES string of the molecule is CCCNCCC=CCc1cc(F)ccc1F. The van der Waals surface area contributed by atoms with Gasteiger partial charge in [0.25, 0.3) is 0 Å². The Kier molecular flexibility index (Phi) is 6.48. The van der Waals surface area contributed by atoms with Gasteiger partial charge in [-0.05, 0) is 56.1 Å². The Labute approximate surface area is 102 Å². The third-order valence-electron chi connectivity index (χ3n) is 2.43. The molecule has 0 heterocycles. The molecule has 94 valence electrons. The number of benzene rings is 1. The van der Waals surface area contributed by atoms with E-state index in [1.165, 1.54) is 12.1 Å². The maximum Gasteiger partial charge on any atom is 0.126 e. The van der Waals surface area contributed by atoms with Crippen LogP contribution in [0.15, 0.2) is 30.4 Å². The molecule has 1 nitrogen and oxygen atoms in total. The van der Waals surface area contributed by atoms with Crippen molar-refractivity contribution in [1.82, 2.24) is 5.32 Å². The molecule has 0 saturated carbocycles. The van der Waals surface area contributed by atoms with E-state index in [0.29, 0.717) is 12.0 Å². The van der Waals surface area contributed by atoms with Crippen LogP contribution in [0.4, 0.5) is 8.78 Å². The molecule has 0 saturated heterocycles. The zero-order valence-corrected chi connectivity index (χ0v) is 10.2. The molecule has 17 heavy (non-hydrogen) atoms. The van der Waals surface area contributed by atoms with Gasteiger partial charge in [0.2, 0.25) is 0 Å². The summed E-state index contributed by atoms with van der Waals surface area (Å²) < 4.78 is 26.1. The van der Waals surface area contributed by atoms with Gasteiger partial charge >= 0.3 is 0 Å². The second-order valence-corrected chi connectivity index (χ2v) is 3.95. The van der Waals surface area contributed by atoms with E-state index in [1.807, 2.05) is 12.2 Å². The van der Waals surface area contributed by atoms with E-state index in [2.05, 4.69) is 12.2 Å². The van der Waals surface area contributed by atoms with Crippen molar-refractivity contribution in [2.45, 2.75) is 26.2 Å². The molecule has 1 rings (SSSR count). The fourth-order valence-electron chi connectivity index (χ4n) is 1.52. The molecule has 3 heteroatoms. The van der Waals surface area contributed by atoms with Crippen LogP contribution in [0.25, 0.3) is 0 Å². The zero-order chi connectivity index (χ0) is 12.5. The van der Waals surface area contributed by atoms with Gasteiger partial charge in [-0.25, -0.2) is 8.78 Å². The van der Waals surface area contributed by atoms with Gasteiger partial charge in [-0.1, -0.05) is 19.1 Å². The molecular weight excluding hydrogens is 220 g/mol. The van der Waals surface area contributed by atoms with Crippen LogP contribution in [-0.2, 0) is 6.42 Å². The molecule has 1 aromatic rings. The van der Waals surface area contributed by atoms with Gasteiger partial charge in [-0.3, -0.25) is 0 Å². The number of rotatable bonds is 7. The maximum atomic E-state index is 13.2. The highest BCUT2D eigenvalue weighted by Crippen LogP contribution is 2.10. The number of halogens is 2. The molecule has 0 radical (unpaired) electrons. The van der Waals surface area contributed by atoms with E-state index < -0.39 is 0 Å². The van der Waals surface area contributed by atoms with Crippen LogP contribution in [0.2, 0.25) is 0 Å². The van der Waals surface area contributed by atoms with E-state index in [-0.39, 0.29) is 11.6 Å². The predicted octanol–water partition coefficient (Wildman–Crippen LogP) is 3.45. The van der Waals surface area contributed by atoms with Gasteiger partial charge < -0.3 is 5.32 Å². The van der Waals surface area contributed by atoms with Crippen LogP contribution < -0.4 is 5.32 Å². The molecule has 1 aromatic carbocycles. The van der Waals surface area contributed by atoms with Crippen molar-refractivity contribution < 1.29 is 8.78 Å². The highest BCUT2D eigenvalue weighted by atomic mass is 19.1. The van der Waals surface area contributed by atoms with Gasteiger partial charge in [0.1, 0.15) is 11.6 Å². The lowest BCUT2D eigenvalue weighted by Crippen LogP contribution is -2.15. The van der Waals surface area contributed by atoms with Crippen molar-refractivity contribution >= 4 is 0 Å². The van der Waals surface area contributed by atoms with Gasteiger partial charge in [0.15, 0.2) is 0 Å². The molecule has 1 N–H and O–H groups in total. The average molecular weight is 239 g/mol. The second-order valence-electron chi connectivity index (χ2n) is 3.95. The lowest BCUT2D eigenvalue weighted by Gasteiger charge is -2.00. The first kappa shape index (κ1) is 13.8. The molecule has 0 amide bonds. The first-order chi connectivity index (χ1) is 8.24. The predicted molar refractivity (Wildman–Crippen MR) is 67.0 cm³/mol. The summed E-state index contributed by atoms with van der Waals surface area (Å²) in [5, 5.41) is 3.27.